The van der Waals surface area contributed by atoms with Gasteiger partial charge in [0.15, 0.2) is 0 Å². The standard InChI is InChI=1S/C14H16N2O3/c1-2-16(10-13(15)18)14(19)12-8-4-3-6-11(12)7-5-9-17/h3-4,6,8,17H,2,9-10H2,1H3,(H2,15,18). The molecule has 0 aliphatic carbocycles. The van der Waals surface area contributed by atoms with Crippen LogP contribution in [-0.4, -0.2) is 41.5 Å². The monoisotopic (exact) mass is 260 g/mol. The largest absolute Gasteiger partial charge is 0.384 e. The van der Waals surface area contributed by atoms with Gasteiger partial charge >= 0.3 is 0 Å². The molecule has 19 heavy (non-hydrogen) atoms. The minimum Gasteiger partial charge on any atom is -0.384 e. The van der Waals surface area contributed by atoms with E-state index in [1.165, 1.54) is 4.90 Å². The normalized spacial score (nSPS) is 9.37. The van der Waals surface area contributed by atoms with E-state index in [0.29, 0.717) is 17.7 Å². The Balaban J connectivity index is 3.07. The number of carbonyl (C=O) groups is 2. The Hall–Kier alpha value is -2.32. The molecule has 2 amide bonds. The van der Waals surface area contributed by atoms with Gasteiger partial charge in [0.25, 0.3) is 5.91 Å². The summed E-state index contributed by atoms with van der Waals surface area (Å²) >= 11 is 0. The van der Waals surface area contributed by atoms with Crippen LogP contribution in [0.15, 0.2) is 24.3 Å². The molecule has 1 rings (SSSR count). The molecule has 0 aliphatic rings. The highest BCUT2D eigenvalue weighted by Crippen LogP contribution is 2.10. The summed E-state index contributed by atoms with van der Waals surface area (Å²) in [7, 11) is 0. The smallest absolute Gasteiger partial charge is 0.255 e. The molecule has 0 heterocycles. The highest BCUT2D eigenvalue weighted by molar-refractivity contribution is 5.98. The second-order valence-electron chi connectivity index (χ2n) is 3.79. The predicted octanol–water partition coefficient (Wildman–Crippen LogP) is -0.0222. The number of likely N-dealkylation sites (N-methyl/N-ethyl adjacent to an activating group) is 1. The number of amides is 2. The van der Waals surface area contributed by atoms with Crippen LogP contribution in [-0.2, 0) is 4.79 Å². The lowest BCUT2D eigenvalue weighted by Crippen LogP contribution is -2.38. The Labute approximate surface area is 112 Å². The van der Waals surface area contributed by atoms with Gasteiger partial charge in [0, 0.05) is 12.1 Å². The molecular formula is C14H16N2O3. The van der Waals surface area contributed by atoms with Crippen LogP contribution in [0.4, 0.5) is 0 Å². The van der Waals surface area contributed by atoms with Crippen molar-refractivity contribution >= 4 is 11.8 Å². The number of primary amides is 1. The summed E-state index contributed by atoms with van der Waals surface area (Å²) in [5, 5.41) is 8.70. The fourth-order valence-electron chi connectivity index (χ4n) is 1.60. The zero-order chi connectivity index (χ0) is 14.3. The molecular weight excluding hydrogens is 244 g/mol. The summed E-state index contributed by atoms with van der Waals surface area (Å²) < 4.78 is 0. The number of aliphatic hydroxyl groups is 1. The zero-order valence-electron chi connectivity index (χ0n) is 10.7. The zero-order valence-corrected chi connectivity index (χ0v) is 10.7. The highest BCUT2D eigenvalue weighted by atomic mass is 16.2. The summed E-state index contributed by atoms with van der Waals surface area (Å²) in [6.07, 6.45) is 0. The van der Waals surface area contributed by atoms with Crippen LogP contribution in [0.3, 0.4) is 0 Å². The summed E-state index contributed by atoms with van der Waals surface area (Å²) in [6.45, 7) is 1.74. The molecule has 0 bridgehead atoms. The molecule has 1 aromatic rings. The third-order valence-electron chi connectivity index (χ3n) is 2.48. The first-order valence-electron chi connectivity index (χ1n) is 5.86. The second-order valence-corrected chi connectivity index (χ2v) is 3.79. The fourth-order valence-corrected chi connectivity index (χ4v) is 1.60. The molecule has 0 saturated carbocycles. The van der Waals surface area contributed by atoms with Gasteiger partial charge in [-0.15, -0.1) is 0 Å². The van der Waals surface area contributed by atoms with Crippen molar-refractivity contribution in [1.29, 1.82) is 0 Å². The lowest BCUT2D eigenvalue weighted by atomic mass is 10.1. The molecule has 3 N–H and O–H groups in total. The van der Waals surface area contributed by atoms with Crippen LogP contribution in [0.5, 0.6) is 0 Å². The highest BCUT2D eigenvalue weighted by Gasteiger charge is 2.18. The lowest BCUT2D eigenvalue weighted by molar-refractivity contribution is -0.118. The van der Waals surface area contributed by atoms with Crippen molar-refractivity contribution in [2.75, 3.05) is 19.7 Å². The van der Waals surface area contributed by atoms with Crippen LogP contribution in [0.2, 0.25) is 0 Å². The van der Waals surface area contributed by atoms with Gasteiger partial charge in [0.05, 0.1) is 12.1 Å². The number of nitrogens with two attached hydrogens (primary N) is 1. The van der Waals surface area contributed by atoms with E-state index < -0.39 is 5.91 Å². The van der Waals surface area contributed by atoms with Crippen LogP contribution in [0, 0.1) is 11.8 Å². The molecule has 0 aromatic heterocycles. The van der Waals surface area contributed by atoms with Crippen LogP contribution in [0.25, 0.3) is 0 Å². The SMILES string of the molecule is CCN(CC(N)=O)C(=O)c1ccccc1C#CCO. The Bertz CT molecular complexity index is 529. The first-order valence-corrected chi connectivity index (χ1v) is 5.86. The number of rotatable bonds is 4. The van der Waals surface area contributed by atoms with Crippen molar-refractivity contribution in [1.82, 2.24) is 4.90 Å². The van der Waals surface area contributed by atoms with Crippen LogP contribution in [0.1, 0.15) is 22.8 Å². The van der Waals surface area contributed by atoms with Crippen molar-refractivity contribution < 1.29 is 14.7 Å². The molecule has 5 nitrogen and oxygen atoms in total. The molecule has 0 radical (unpaired) electrons. The molecule has 0 aliphatic heterocycles. The number of aliphatic hydroxyl groups excluding tert-OH is 1. The molecule has 100 valence electrons. The Morgan fingerprint density at radius 1 is 1.37 bits per heavy atom. The van der Waals surface area contributed by atoms with E-state index >= 15 is 0 Å². The number of nitrogens with zero attached hydrogens (tertiary/aromatic N) is 1. The van der Waals surface area contributed by atoms with Crippen molar-refractivity contribution in [3.63, 3.8) is 0 Å². The van der Waals surface area contributed by atoms with Crippen molar-refractivity contribution in [3.05, 3.63) is 35.4 Å². The van der Waals surface area contributed by atoms with E-state index in [4.69, 9.17) is 10.8 Å². The average molecular weight is 260 g/mol. The maximum Gasteiger partial charge on any atom is 0.255 e. The first-order chi connectivity index (χ1) is 9.10. The number of carbonyl (C=O) groups excluding carboxylic acids is 2. The number of hydrogen-bond donors (Lipinski definition) is 2. The molecule has 0 unspecified atom stereocenters. The van der Waals surface area contributed by atoms with Crippen molar-refractivity contribution in [2.45, 2.75) is 6.92 Å². The van der Waals surface area contributed by atoms with E-state index in [2.05, 4.69) is 11.8 Å². The quantitative estimate of drug-likeness (QED) is 0.746. The van der Waals surface area contributed by atoms with Gasteiger partial charge in [-0.2, -0.15) is 0 Å². The van der Waals surface area contributed by atoms with E-state index in [0.717, 1.165) is 0 Å². The van der Waals surface area contributed by atoms with Gasteiger partial charge in [-0.3, -0.25) is 9.59 Å². The van der Waals surface area contributed by atoms with E-state index in [-0.39, 0.29) is 19.1 Å². The minimum atomic E-state index is -0.561. The van der Waals surface area contributed by atoms with Gasteiger partial charge in [-0.1, -0.05) is 24.0 Å². The summed E-state index contributed by atoms with van der Waals surface area (Å²) in [6, 6.07) is 6.79. The molecule has 1 aromatic carbocycles. The average Bonchev–Trinajstić information content (AvgIpc) is 2.41. The van der Waals surface area contributed by atoms with Crippen LogP contribution < -0.4 is 5.73 Å². The molecule has 0 saturated heterocycles. The topological polar surface area (TPSA) is 83.6 Å². The van der Waals surface area contributed by atoms with Gasteiger partial charge < -0.3 is 15.7 Å². The van der Waals surface area contributed by atoms with Crippen molar-refractivity contribution in [3.8, 4) is 11.8 Å². The molecule has 5 heteroatoms. The Morgan fingerprint density at radius 2 is 2.05 bits per heavy atom. The number of hydrogen-bond acceptors (Lipinski definition) is 3. The maximum atomic E-state index is 12.3. The van der Waals surface area contributed by atoms with Gasteiger partial charge in [-0.05, 0) is 19.1 Å². The molecule has 0 spiro atoms. The van der Waals surface area contributed by atoms with E-state index in [1.54, 1.807) is 31.2 Å². The minimum absolute atomic E-state index is 0.128. The predicted molar refractivity (Wildman–Crippen MR) is 71.2 cm³/mol. The summed E-state index contributed by atoms with van der Waals surface area (Å²) in [4.78, 5) is 24.6. The Morgan fingerprint density at radius 3 is 2.63 bits per heavy atom. The van der Waals surface area contributed by atoms with E-state index in [9.17, 15) is 9.59 Å². The second kappa shape index (κ2) is 7.19. The summed E-state index contributed by atoms with van der Waals surface area (Å²) in [5.41, 5.74) is 6.02. The summed E-state index contributed by atoms with van der Waals surface area (Å²) in [5.74, 6) is 4.35. The van der Waals surface area contributed by atoms with Gasteiger partial charge in [0.2, 0.25) is 5.91 Å². The van der Waals surface area contributed by atoms with Crippen LogP contribution >= 0.6 is 0 Å². The molecule has 0 atom stereocenters. The number of benzene rings is 1. The van der Waals surface area contributed by atoms with Gasteiger partial charge in [0.1, 0.15) is 6.61 Å². The third-order valence-corrected chi connectivity index (χ3v) is 2.48. The Kier molecular flexibility index (Phi) is 5.58. The fraction of sp³-hybridized carbons (Fsp3) is 0.286. The molecule has 0 fully saturated rings. The van der Waals surface area contributed by atoms with E-state index in [1.807, 2.05) is 0 Å². The first kappa shape index (κ1) is 14.7. The van der Waals surface area contributed by atoms with Crippen molar-refractivity contribution in [2.24, 2.45) is 5.73 Å². The lowest BCUT2D eigenvalue weighted by Gasteiger charge is -2.19. The van der Waals surface area contributed by atoms with Gasteiger partial charge in [-0.25, -0.2) is 0 Å². The third kappa shape index (κ3) is 4.12. The maximum absolute atomic E-state index is 12.3.